The van der Waals surface area contributed by atoms with Gasteiger partial charge in [0.25, 0.3) is 11.7 Å². The second-order valence-electron chi connectivity index (χ2n) is 7.04. The number of hydrogen-bond donors (Lipinski definition) is 2. The molecule has 30 heavy (non-hydrogen) atoms. The van der Waals surface area contributed by atoms with Crippen LogP contribution in [-0.2, 0) is 16.1 Å². The van der Waals surface area contributed by atoms with Gasteiger partial charge in [0.1, 0.15) is 18.2 Å². The van der Waals surface area contributed by atoms with Gasteiger partial charge >= 0.3 is 0 Å². The van der Waals surface area contributed by atoms with Crippen molar-refractivity contribution in [2.24, 2.45) is 0 Å². The SMILES string of the molecule is O=C1C(=O)N(CCC[n+]2cc[nH]c2)C(c2ccc[nH+]c2)C1=C(O)c1ccc(Cl)cc1. The predicted molar refractivity (Wildman–Crippen MR) is 109 cm³/mol. The number of pyridine rings is 1. The van der Waals surface area contributed by atoms with Crippen LogP contribution in [0.5, 0.6) is 0 Å². The van der Waals surface area contributed by atoms with Crippen LogP contribution < -0.4 is 9.55 Å². The molecule has 7 nitrogen and oxygen atoms in total. The van der Waals surface area contributed by atoms with Crippen molar-refractivity contribution in [3.8, 4) is 0 Å². The van der Waals surface area contributed by atoms with E-state index in [9.17, 15) is 14.7 Å². The highest BCUT2D eigenvalue weighted by Gasteiger charge is 2.46. The average molecular weight is 425 g/mol. The number of benzene rings is 1. The standard InChI is InChI=1S/C22H19ClN4O3/c23-17-6-4-15(5-7-17)20(28)18-19(16-3-1-8-24-13-16)27(22(30)21(18)29)11-2-10-26-12-9-25-14-26/h1,3-9,12-14,19H,2,10-11H2,(H,28,29)/p+2. The maximum atomic E-state index is 12.9. The van der Waals surface area contributed by atoms with Gasteiger partial charge in [-0.1, -0.05) is 11.6 Å². The quantitative estimate of drug-likeness (QED) is 0.275. The zero-order valence-corrected chi connectivity index (χ0v) is 16.8. The van der Waals surface area contributed by atoms with Gasteiger partial charge in [0.2, 0.25) is 6.33 Å². The minimum Gasteiger partial charge on any atom is -0.507 e. The number of ketones is 1. The number of aromatic amines is 2. The zero-order valence-electron chi connectivity index (χ0n) is 16.1. The van der Waals surface area contributed by atoms with Crippen molar-refractivity contribution in [1.29, 1.82) is 0 Å². The Bertz CT molecular complexity index is 1080. The number of imidazole rings is 1. The van der Waals surface area contributed by atoms with Crippen molar-refractivity contribution in [2.75, 3.05) is 6.54 Å². The summed E-state index contributed by atoms with van der Waals surface area (Å²) in [4.78, 5) is 33.3. The lowest BCUT2D eigenvalue weighted by Crippen LogP contribution is -2.36. The molecule has 1 aromatic carbocycles. The van der Waals surface area contributed by atoms with E-state index in [4.69, 9.17) is 11.6 Å². The number of H-pyrrole nitrogens is 2. The number of aliphatic hydroxyl groups is 1. The maximum Gasteiger partial charge on any atom is 0.295 e. The predicted octanol–water partition coefficient (Wildman–Crippen LogP) is 2.28. The van der Waals surface area contributed by atoms with Gasteiger partial charge in [-0.25, -0.2) is 9.55 Å². The number of Topliss-reactive ketones (excluding diaryl/α,β-unsaturated/α-hetero) is 1. The molecule has 1 saturated heterocycles. The number of aliphatic hydroxyl groups excluding tert-OH is 1. The van der Waals surface area contributed by atoms with Crippen LogP contribution in [0.1, 0.15) is 23.6 Å². The van der Waals surface area contributed by atoms with Gasteiger partial charge < -0.3 is 10.0 Å². The monoisotopic (exact) mass is 424 g/mol. The number of rotatable bonds is 6. The fraction of sp³-hybridized carbons (Fsp3) is 0.182. The number of hydrogen-bond acceptors (Lipinski definition) is 3. The van der Waals surface area contributed by atoms with E-state index in [0.29, 0.717) is 30.1 Å². The third-order valence-corrected chi connectivity index (χ3v) is 5.37. The Hall–Kier alpha value is -3.45. The van der Waals surface area contributed by atoms with Crippen molar-refractivity contribution in [3.05, 3.63) is 89.2 Å². The van der Waals surface area contributed by atoms with Gasteiger partial charge in [0, 0.05) is 35.2 Å². The molecule has 0 bridgehead atoms. The van der Waals surface area contributed by atoms with Crippen LogP contribution in [0.3, 0.4) is 0 Å². The number of nitrogens with zero attached hydrogens (tertiary/aromatic N) is 2. The second kappa shape index (κ2) is 8.51. The van der Waals surface area contributed by atoms with Gasteiger partial charge in [-0.05, 0) is 30.3 Å². The summed E-state index contributed by atoms with van der Waals surface area (Å²) in [5.74, 6) is -1.51. The summed E-state index contributed by atoms with van der Waals surface area (Å²) in [5, 5.41) is 11.5. The number of carbonyl (C=O) groups excluding carboxylic acids is 2. The maximum absolute atomic E-state index is 12.9. The Kier molecular flexibility index (Phi) is 5.63. The molecule has 1 unspecified atom stereocenters. The Morgan fingerprint density at radius 2 is 2.03 bits per heavy atom. The Labute approximate surface area is 178 Å². The van der Waals surface area contributed by atoms with E-state index in [1.807, 2.05) is 29.4 Å². The first kappa shape index (κ1) is 19.8. The number of amides is 1. The summed E-state index contributed by atoms with van der Waals surface area (Å²) in [5.41, 5.74) is 1.24. The van der Waals surface area contributed by atoms with Crippen molar-refractivity contribution in [3.63, 3.8) is 0 Å². The van der Waals surface area contributed by atoms with E-state index < -0.39 is 17.7 Å². The first-order chi connectivity index (χ1) is 14.6. The van der Waals surface area contributed by atoms with Crippen LogP contribution in [-0.4, -0.2) is 33.2 Å². The zero-order chi connectivity index (χ0) is 21.1. The number of aryl methyl sites for hydroxylation is 1. The molecule has 0 aliphatic carbocycles. The van der Waals surface area contributed by atoms with E-state index in [2.05, 4.69) is 9.97 Å². The van der Waals surface area contributed by atoms with Crippen LogP contribution in [0.15, 0.2) is 73.1 Å². The molecular formula is C22H21ClN4O3+2. The van der Waals surface area contributed by atoms with Crippen LogP contribution in [0.2, 0.25) is 5.02 Å². The molecule has 0 spiro atoms. The Balaban J connectivity index is 1.71. The lowest BCUT2D eigenvalue weighted by atomic mass is 9.96. The summed E-state index contributed by atoms with van der Waals surface area (Å²) >= 11 is 5.94. The highest BCUT2D eigenvalue weighted by molar-refractivity contribution is 6.46. The van der Waals surface area contributed by atoms with Gasteiger partial charge in [0.15, 0.2) is 12.4 Å². The molecule has 0 saturated carbocycles. The van der Waals surface area contributed by atoms with Crippen molar-refractivity contribution >= 4 is 29.1 Å². The average Bonchev–Trinajstić information content (AvgIpc) is 3.37. The van der Waals surface area contributed by atoms with Crippen molar-refractivity contribution in [2.45, 2.75) is 19.0 Å². The number of likely N-dealkylation sites (tertiary alicyclic amines) is 1. The summed E-state index contributed by atoms with van der Waals surface area (Å²) in [7, 11) is 0. The minimum absolute atomic E-state index is 0.0798. The molecular weight excluding hydrogens is 404 g/mol. The number of carbonyl (C=O) groups is 2. The molecule has 4 rings (SSSR count). The molecule has 8 heteroatoms. The molecule has 2 aromatic heterocycles. The van der Waals surface area contributed by atoms with E-state index in [0.717, 1.165) is 5.56 Å². The Morgan fingerprint density at radius 3 is 2.70 bits per heavy atom. The summed E-state index contributed by atoms with van der Waals surface area (Å²) in [6, 6.07) is 9.47. The third kappa shape index (κ3) is 3.84. The van der Waals surface area contributed by atoms with Crippen molar-refractivity contribution < 1.29 is 24.2 Å². The van der Waals surface area contributed by atoms with Gasteiger partial charge in [-0.2, -0.15) is 0 Å². The molecule has 1 amide bonds. The minimum atomic E-state index is -0.689. The van der Waals surface area contributed by atoms with Crippen LogP contribution in [0.4, 0.5) is 0 Å². The fourth-order valence-corrected chi connectivity index (χ4v) is 3.81. The van der Waals surface area contributed by atoms with E-state index in [-0.39, 0.29) is 11.3 Å². The summed E-state index contributed by atoms with van der Waals surface area (Å²) in [6.45, 7) is 1.07. The van der Waals surface area contributed by atoms with Crippen LogP contribution in [0, 0.1) is 0 Å². The molecule has 1 aliphatic rings. The van der Waals surface area contributed by atoms with Crippen molar-refractivity contribution in [1.82, 2.24) is 9.88 Å². The molecule has 3 heterocycles. The molecule has 1 aliphatic heterocycles. The molecule has 1 fully saturated rings. The van der Waals surface area contributed by atoms with Crippen LogP contribution >= 0.6 is 11.6 Å². The fourth-order valence-electron chi connectivity index (χ4n) is 3.68. The molecule has 152 valence electrons. The summed E-state index contributed by atoms with van der Waals surface area (Å²) in [6.07, 6.45) is 9.69. The molecule has 3 aromatic rings. The number of halogens is 1. The molecule has 1 atom stereocenters. The summed E-state index contributed by atoms with van der Waals surface area (Å²) < 4.78 is 1.97. The smallest absolute Gasteiger partial charge is 0.295 e. The lowest BCUT2D eigenvalue weighted by molar-refractivity contribution is -0.695. The van der Waals surface area contributed by atoms with Gasteiger partial charge in [0.05, 0.1) is 18.2 Å². The first-order valence-electron chi connectivity index (χ1n) is 9.58. The lowest BCUT2D eigenvalue weighted by Gasteiger charge is -2.23. The topological polar surface area (TPSA) is 91.4 Å². The van der Waals surface area contributed by atoms with E-state index in [1.165, 1.54) is 4.90 Å². The molecule has 3 N–H and O–H groups in total. The first-order valence-corrected chi connectivity index (χ1v) is 9.96. The van der Waals surface area contributed by atoms with Gasteiger partial charge in [-0.15, -0.1) is 0 Å². The normalized spacial score (nSPS) is 18.2. The van der Waals surface area contributed by atoms with Crippen LogP contribution in [0.25, 0.3) is 5.76 Å². The highest BCUT2D eigenvalue weighted by Crippen LogP contribution is 2.39. The largest absolute Gasteiger partial charge is 0.507 e. The number of aromatic nitrogens is 3. The van der Waals surface area contributed by atoms with E-state index in [1.54, 1.807) is 42.7 Å². The van der Waals surface area contributed by atoms with E-state index >= 15 is 0 Å². The molecule has 0 radical (unpaired) electrons. The highest BCUT2D eigenvalue weighted by atomic mass is 35.5. The third-order valence-electron chi connectivity index (χ3n) is 5.12. The number of nitrogens with one attached hydrogen (secondary N) is 2. The Morgan fingerprint density at radius 1 is 1.23 bits per heavy atom. The van der Waals surface area contributed by atoms with Gasteiger partial charge in [-0.3, -0.25) is 14.6 Å². The second-order valence-corrected chi connectivity index (χ2v) is 7.48.